The highest BCUT2D eigenvalue weighted by Gasteiger charge is 2.28. The van der Waals surface area contributed by atoms with Gasteiger partial charge in [-0.05, 0) is 50.2 Å². The van der Waals surface area contributed by atoms with Crippen LogP contribution in [0.1, 0.15) is 28.9 Å². The van der Waals surface area contributed by atoms with E-state index in [1.165, 1.54) is 0 Å². The van der Waals surface area contributed by atoms with Crippen LogP contribution in [-0.2, 0) is 6.54 Å². The molecule has 0 aliphatic carbocycles. The van der Waals surface area contributed by atoms with Crippen molar-refractivity contribution in [2.45, 2.75) is 25.4 Å². The molecule has 0 atom stereocenters. The van der Waals surface area contributed by atoms with Gasteiger partial charge in [0, 0.05) is 36.1 Å². The van der Waals surface area contributed by atoms with Crippen LogP contribution in [0.2, 0.25) is 5.02 Å². The zero-order chi connectivity index (χ0) is 20.4. The van der Waals surface area contributed by atoms with E-state index >= 15 is 0 Å². The van der Waals surface area contributed by atoms with Crippen LogP contribution in [0.5, 0.6) is 5.75 Å². The first-order chi connectivity index (χ1) is 14.1. The third-order valence-electron chi connectivity index (χ3n) is 5.62. The highest BCUT2D eigenvalue weighted by molar-refractivity contribution is 6.31. The summed E-state index contributed by atoms with van der Waals surface area (Å²) in [6.45, 7) is 2.11. The third kappa shape index (κ3) is 4.09. The summed E-state index contributed by atoms with van der Waals surface area (Å²) in [6, 6.07) is 13.4. The van der Waals surface area contributed by atoms with E-state index < -0.39 is 0 Å². The number of methoxy groups -OCH3 is 1. The summed E-state index contributed by atoms with van der Waals surface area (Å²) in [6.07, 6.45) is 1.81. The van der Waals surface area contributed by atoms with Crippen molar-refractivity contribution in [1.29, 1.82) is 0 Å². The van der Waals surface area contributed by atoms with Gasteiger partial charge in [0.05, 0.1) is 12.7 Å². The van der Waals surface area contributed by atoms with Crippen molar-refractivity contribution in [3.63, 3.8) is 0 Å². The van der Waals surface area contributed by atoms with Gasteiger partial charge >= 0.3 is 0 Å². The van der Waals surface area contributed by atoms with Crippen molar-refractivity contribution >= 4 is 28.5 Å². The van der Waals surface area contributed by atoms with Crippen LogP contribution >= 0.6 is 11.6 Å². The number of hydrogen-bond donors (Lipinski definition) is 0. The lowest BCUT2D eigenvalue weighted by atomic mass is 10.0. The van der Waals surface area contributed by atoms with Crippen molar-refractivity contribution in [2.24, 2.45) is 0 Å². The Bertz CT molecular complexity index is 1010. The molecule has 0 radical (unpaired) electrons. The van der Waals surface area contributed by atoms with Gasteiger partial charge in [0.2, 0.25) is 0 Å². The standard InChI is InChI=1S/C22H24ClN3O3/c1-25(14-19-17-5-3-4-6-21(17)29-24-19)16-9-11-26(12-10-16)22(27)18-13-15(23)7-8-20(18)28-2/h3-8,13,16H,9-12,14H2,1-2H3. The summed E-state index contributed by atoms with van der Waals surface area (Å²) < 4.78 is 10.7. The van der Waals surface area contributed by atoms with Crippen LogP contribution in [0.25, 0.3) is 11.0 Å². The molecule has 0 saturated carbocycles. The number of halogens is 1. The van der Waals surface area contributed by atoms with Crippen LogP contribution in [0.4, 0.5) is 0 Å². The molecule has 3 aromatic rings. The van der Waals surface area contributed by atoms with Crippen LogP contribution in [0, 0.1) is 0 Å². The Labute approximate surface area is 175 Å². The Balaban J connectivity index is 1.39. The van der Waals surface area contributed by atoms with Gasteiger partial charge in [-0.15, -0.1) is 0 Å². The number of likely N-dealkylation sites (tertiary alicyclic amines) is 1. The number of hydrogen-bond acceptors (Lipinski definition) is 5. The van der Waals surface area contributed by atoms with Gasteiger partial charge in [-0.3, -0.25) is 9.69 Å². The lowest BCUT2D eigenvalue weighted by molar-refractivity contribution is 0.0635. The van der Waals surface area contributed by atoms with E-state index in [-0.39, 0.29) is 5.91 Å². The third-order valence-corrected chi connectivity index (χ3v) is 5.85. The minimum Gasteiger partial charge on any atom is -0.496 e. The lowest BCUT2D eigenvalue weighted by Gasteiger charge is -2.36. The van der Waals surface area contributed by atoms with Gasteiger partial charge in [-0.25, -0.2) is 0 Å². The molecule has 29 heavy (non-hydrogen) atoms. The maximum atomic E-state index is 13.0. The Morgan fingerprint density at radius 3 is 2.79 bits per heavy atom. The molecule has 7 heteroatoms. The second-order valence-corrected chi connectivity index (χ2v) is 7.84. The first-order valence-electron chi connectivity index (χ1n) is 9.73. The minimum atomic E-state index is -0.0343. The van der Waals surface area contributed by atoms with Gasteiger partial charge in [-0.1, -0.05) is 28.9 Å². The molecule has 1 amide bonds. The number of para-hydroxylation sites is 1. The summed E-state index contributed by atoms with van der Waals surface area (Å²) in [5, 5.41) is 5.82. The molecule has 152 valence electrons. The fraction of sp³-hybridized carbons (Fsp3) is 0.364. The van der Waals surface area contributed by atoms with Crippen molar-refractivity contribution in [1.82, 2.24) is 15.0 Å². The normalized spacial score (nSPS) is 15.2. The SMILES string of the molecule is COc1ccc(Cl)cc1C(=O)N1CCC(N(C)Cc2noc3ccccc23)CC1. The van der Waals surface area contributed by atoms with E-state index in [4.69, 9.17) is 20.9 Å². The number of aromatic nitrogens is 1. The van der Waals surface area contributed by atoms with E-state index in [0.717, 1.165) is 36.0 Å². The molecule has 1 aliphatic heterocycles. The first kappa shape index (κ1) is 19.7. The highest BCUT2D eigenvalue weighted by atomic mass is 35.5. The summed E-state index contributed by atoms with van der Waals surface area (Å²) in [5.74, 6) is 0.518. The topological polar surface area (TPSA) is 58.8 Å². The van der Waals surface area contributed by atoms with E-state index in [1.54, 1.807) is 25.3 Å². The Kier molecular flexibility index (Phi) is 5.74. The Morgan fingerprint density at radius 2 is 2.03 bits per heavy atom. The van der Waals surface area contributed by atoms with Gasteiger partial charge in [0.25, 0.3) is 5.91 Å². The van der Waals surface area contributed by atoms with E-state index in [1.807, 2.05) is 29.2 Å². The first-order valence-corrected chi connectivity index (χ1v) is 10.1. The molecule has 0 bridgehead atoms. The molecule has 4 rings (SSSR count). The second kappa shape index (κ2) is 8.43. The maximum absolute atomic E-state index is 13.0. The molecule has 1 aromatic heterocycles. The Morgan fingerprint density at radius 1 is 1.28 bits per heavy atom. The average Bonchev–Trinajstić information content (AvgIpc) is 3.16. The van der Waals surface area contributed by atoms with Crippen LogP contribution in [0.15, 0.2) is 47.0 Å². The molecule has 0 unspecified atom stereocenters. The molecule has 2 aromatic carbocycles. The van der Waals surface area contributed by atoms with E-state index in [9.17, 15) is 4.79 Å². The van der Waals surface area contributed by atoms with Crippen LogP contribution in [0.3, 0.4) is 0 Å². The number of rotatable bonds is 5. The number of amides is 1. The summed E-state index contributed by atoms with van der Waals surface area (Å²) in [4.78, 5) is 17.1. The summed E-state index contributed by atoms with van der Waals surface area (Å²) in [7, 11) is 3.67. The number of benzene rings is 2. The Hall–Kier alpha value is -2.57. The number of nitrogens with zero attached hydrogens (tertiary/aromatic N) is 3. The lowest BCUT2D eigenvalue weighted by Crippen LogP contribution is -2.45. The van der Waals surface area contributed by atoms with Gasteiger partial charge < -0.3 is 14.2 Å². The molecule has 1 aliphatic rings. The van der Waals surface area contributed by atoms with Gasteiger partial charge in [-0.2, -0.15) is 0 Å². The van der Waals surface area contributed by atoms with E-state index in [0.29, 0.717) is 35.5 Å². The van der Waals surface area contributed by atoms with Crippen LogP contribution < -0.4 is 4.74 Å². The predicted octanol–water partition coefficient (Wildman–Crippen LogP) is 4.23. The zero-order valence-electron chi connectivity index (χ0n) is 16.6. The zero-order valence-corrected chi connectivity index (χ0v) is 17.4. The molecule has 6 nitrogen and oxygen atoms in total. The average molecular weight is 414 g/mol. The highest BCUT2D eigenvalue weighted by Crippen LogP contribution is 2.27. The largest absolute Gasteiger partial charge is 0.496 e. The monoisotopic (exact) mass is 413 g/mol. The van der Waals surface area contributed by atoms with E-state index in [2.05, 4.69) is 17.1 Å². The minimum absolute atomic E-state index is 0.0343. The smallest absolute Gasteiger partial charge is 0.257 e. The van der Waals surface area contributed by atoms with Crippen molar-refractivity contribution < 1.29 is 14.1 Å². The summed E-state index contributed by atoms with van der Waals surface area (Å²) >= 11 is 6.08. The maximum Gasteiger partial charge on any atom is 0.257 e. The molecular formula is C22H24ClN3O3. The quantitative estimate of drug-likeness (QED) is 0.626. The summed E-state index contributed by atoms with van der Waals surface area (Å²) in [5.41, 5.74) is 2.28. The number of carbonyl (C=O) groups is 1. The van der Waals surface area contributed by atoms with Crippen LogP contribution in [-0.4, -0.2) is 54.2 Å². The number of piperidine rings is 1. The number of ether oxygens (including phenoxy) is 1. The van der Waals surface area contributed by atoms with Gasteiger partial charge in [0.15, 0.2) is 5.58 Å². The van der Waals surface area contributed by atoms with Crippen molar-refractivity contribution in [3.8, 4) is 5.75 Å². The number of carbonyl (C=O) groups excluding carboxylic acids is 1. The number of fused-ring (bicyclic) bond motifs is 1. The van der Waals surface area contributed by atoms with Crippen molar-refractivity contribution in [3.05, 3.63) is 58.7 Å². The molecule has 1 fully saturated rings. The fourth-order valence-corrected chi connectivity index (χ4v) is 4.12. The molecule has 1 saturated heterocycles. The molecule has 2 heterocycles. The van der Waals surface area contributed by atoms with Crippen molar-refractivity contribution in [2.75, 3.05) is 27.2 Å². The van der Waals surface area contributed by atoms with Gasteiger partial charge in [0.1, 0.15) is 11.4 Å². The molecule has 0 N–H and O–H groups in total. The second-order valence-electron chi connectivity index (χ2n) is 7.41. The predicted molar refractivity (Wildman–Crippen MR) is 112 cm³/mol. The molecule has 0 spiro atoms. The molecular weight excluding hydrogens is 390 g/mol. The fourth-order valence-electron chi connectivity index (χ4n) is 3.94.